The minimum Gasteiger partial charge on any atom is -0.396 e. The van der Waals surface area contributed by atoms with Gasteiger partial charge in [-0.2, -0.15) is 0 Å². The van der Waals surface area contributed by atoms with Crippen LogP contribution >= 0.6 is 0 Å². The summed E-state index contributed by atoms with van der Waals surface area (Å²) in [5.74, 6) is -0.608. The normalized spacial score (nSPS) is 37.4. The maximum atomic E-state index is 9.16. The predicted molar refractivity (Wildman–Crippen MR) is 45.0 cm³/mol. The van der Waals surface area contributed by atoms with Gasteiger partial charge in [0.1, 0.15) is 0 Å². The fourth-order valence-corrected chi connectivity index (χ4v) is 2.49. The van der Waals surface area contributed by atoms with Gasteiger partial charge in [0, 0.05) is 11.8 Å². The smallest absolute Gasteiger partial charge is 0.178 e. The summed E-state index contributed by atoms with van der Waals surface area (Å²) in [4.78, 5) is 0. The average Bonchev–Trinajstić information content (AvgIpc) is 2.75. The van der Waals surface area contributed by atoms with Gasteiger partial charge in [0.25, 0.3) is 0 Å². The fraction of sp³-hybridized carbons (Fsp3) is 1.00. The lowest BCUT2D eigenvalue weighted by Crippen LogP contribution is -2.43. The SMILES string of the molecule is OCC1CCC(CO)C12OCCO2. The Bertz CT molecular complexity index is 162. The van der Waals surface area contributed by atoms with Crippen LogP contribution in [0.15, 0.2) is 0 Å². The van der Waals surface area contributed by atoms with Gasteiger partial charge in [-0.3, -0.25) is 0 Å². The number of hydrogen-bond donors (Lipinski definition) is 2. The molecule has 0 bridgehead atoms. The first kappa shape index (κ1) is 9.40. The van der Waals surface area contributed by atoms with Gasteiger partial charge in [-0.25, -0.2) is 0 Å². The van der Waals surface area contributed by atoms with Crippen molar-refractivity contribution < 1.29 is 19.7 Å². The van der Waals surface area contributed by atoms with Crippen LogP contribution in [-0.4, -0.2) is 42.4 Å². The van der Waals surface area contributed by atoms with E-state index in [0.717, 1.165) is 12.8 Å². The zero-order chi connectivity index (χ0) is 9.31. The van der Waals surface area contributed by atoms with Crippen molar-refractivity contribution in [3.63, 3.8) is 0 Å². The van der Waals surface area contributed by atoms with E-state index in [1.165, 1.54) is 0 Å². The molecule has 0 aromatic heterocycles. The largest absolute Gasteiger partial charge is 0.396 e. The van der Waals surface area contributed by atoms with Crippen LogP contribution in [0.4, 0.5) is 0 Å². The molecule has 2 fully saturated rings. The predicted octanol–water partition coefficient (Wildman–Crippen LogP) is -0.260. The second-order valence-electron chi connectivity index (χ2n) is 3.75. The lowest BCUT2D eigenvalue weighted by molar-refractivity contribution is -0.220. The van der Waals surface area contributed by atoms with E-state index in [1.807, 2.05) is 0 Å². The fourth-order valence-electron chi connectivity index (χ4n) is 2.49. The molecule has 1 saturated carbocycles. The van der Waals surface area contributed by atoms with Crippen molar-refractivity contribution in [3.05, 3.63) is 0 Å². The third-order valence-electron chi connectivity index (χ3n) is 3.18. The molecule has 1 heterocycles. The lowest BCUT2D eigenvalue weighted by atomic mass is 9.97. The highest BCUT2D eigenvalue weighted by Gasteiger charge is 2.54. The van der Waals surface area contributed by atoms with Crippen molar-refractivity contribution in [3.8, 4) is 0 Å². The molecule has 2 atom stereocenters. The molecule has 2 rings (SSSR count). The van der Waals surface area contributed by atoms with Crippen LogP contribution in [0.2, 0.25) is 0 Å². The number of ether oxygens (including phenoxy) is 2. The van der Waals surface area contributed by atoms with Crippen LogP contribution in [0, 0.1) is 11.8 Å². The lowest BCUT2D eigenvalue weighted by Gasteiger charge is -2.32. The molecule has 2 unspecified atom stereocenters. The van der Waals surface area contributed by atoms with Crippen molar-refractivity contribution >= 4 is 0 Å². The number of aliphatic hydroxyl groups excluding tert-OH is 2. The van der Waals surface area contributed by atoms with Crippen molar-refractivity contribution in [2.45, 2.75) is 18.6 Å². The Balaban J connectivity index is 2.16. The second-order valence-corrected chi connectivity index (χ2v) is 3.75. The van der Waals surface area contributed by atoms with Gasteiger partial charge < -0.3 is 19.7 Å². The maximum Gasteiger partial charge on any atom is 0.178 e. The second kappa shape index (κ2) is 3.53. The highest BCUT2D eigenvalue weighted by Crippen LogP contribution is 2.46. The minimum absolute atomic E-state index is 0.0344. The summed E-state index contributed by atoms with van der Waals surface area (Å²) in [6, 6.07) is 0. The quantitative estimate of drug-likeness (QED) is 0.627. The Morgan fingerprint density at radius 3 is 1.85 bits per heavy atom. The molecular weight excluding hydrogens is 172 g/mol. The van der Waals surface area contributed by atoms with Crippen LogP contribution in [0.1, 0.15) is 12.8 Å². The van der Waals surface area contributed by atoms with Gasteiger partial charge >= 0.3 is 0 Å². The molecule has 13 heavy (non-hydrogen) atoms. The topological polar surface area (TPSA) is 58.9 Å². The first-order valence-electron chi connectivity index (χ1n) is 4.83. The van der Waals surface area contributed by atoms with E-state index in [2.05, 4.69) is 0 Å². The molecule has 2 N–H and O–H groups in total. The Morgan fingerprint density at radius 1 is 1.00 bits per heavy atom. The molecule has 2 aliphatic rings. The molecule has 0 aromatic carbocycles. The van der Waals surface area contributed by atoms with Gasteiger partial charge in [-0.15, -0.1) is 0 Å². The summed E-state index contributed by atoms with van der Waals surface area (Å²) in [6.45, 7) is 1.31. The highest BCUT2D eigenvalue weighted by molar-refractivity contribution is 4.95. The summed E-state index contributed by atoms with van der Waals surface area (Å²) in [5.41, 5.74) is 0. The molecule has 0 amide bonds. The zero-order valence-corrected chi connectivity index (χ0v) is 7.61. The van der Waals surface area contributed by atoms with E-state index in [1.54, 1.807) is 0 Å². The van der Waals surface area contributed by atoms with E-state index >= 15 is 0 Å². The Hall–Kier alpha value is -0.160. The zero-order valence-electron chi connectivity index (χ0n) is 7.61. The summed E-state index contributed by atoms with van der Waals surface area (Å²) in [6.07, 6.45) is 1.75. The summed E-state index contributed by atoms with van der Waals surface area (Å²) in [5, 5.41) is 18.3. The molecule has 0 radical (unpaired) electrons. The van der Waals surface area contributed by atoms with Gasteiger partial charge in [-0.1, -0.05) is 0 Å². The molecular formula is C9H16O4. The molecule has 76 valence electrons. The van der Waals surface area contributed by atoms with Crippen LogP contribution in [0.25, 0.3) is 0 Å². The number of aliphatic hydroxyl groups is 2. The van der Waals surface area contributed by atoms with E-state index in [-0.39, 0.29) is 25.0 Å². The van der Waals surface area contributed by atoms with Crippen molar-refractivity contribution in [1.82, 2.24) is 0 Å². The third-order valence-corrected chi connectivity index (χ3v) is 3.18. The minimum atomic E-state index is -0.677. The molecule has 1 aliphatic carbocycles. The molecule has 0 aromatic rings. The number of hydrogen-bond acceptors (Lipinski definition) is 4. The first-order chi connectivity index (χ1) is 6.33. The van der Waals surface area contributed by atoms with Gasteiger partial charge in [-0.05, 0) is 12.8 Å². The molecule has 1 saturated heterocycles. The molecule has 1 aliphatic heterocycles. The standard InChI is InChI=1S/C9H16O4/c10-5-7-1-2-8(6-11)9(7)12-3-4-13-9/h7-8,10-11H,1-6H2. The van der Waals surface area contributed by atoms with Gasteiger partial charge in [0.15, 0.2) is 5.79 Å². The van der Waals surface area contributed by atoms with E-state index < -0.39 is 5.79 Å². The van der Waals surface area contributed by atoms with Crippen molar-refractivity contribution in [2.75, 3.05) is 26.4 Å². The number of rotatable bonds is 2. The van der Waals surface area contributed by atoms with Crippen molar-refractivity contribution in [2.24, 2.45) is 11.8 Å². The van der Waals surface area contributed by atoms with Crippen LogP contribution in [-0.2, 0) is 9.47 Å². The monoisotopic (exact) mass is 188 g/mol. The third kappa shape index (κ3) is 1.29. The molecule has 1 spiro atoms. The molecule has 4 nitrogen and oxygen atoms in total. The summed E-state index contributed by atoms with van der Waals surface area (Å²) >= 11 is 0. The summed E-state index contributed by atoms with van der Waals surface area (Å²) in [7, 11) is 0. The van der Waals surface area contributed by atoms with Crippen LogP contribution in [0.5, 0.6) is 0 Å². The van der Waals surface area contributed by atoms with E-state index in [4.69, 9.17) is 19.7 Å². The van der Waals surface area contributed by atoms with Crippen LogP contribution < -0.4 is 0 Å². The van der Waals surface area contributed by atoms with Crippen molar-refractivity contribution in [1.29, 1.82) is 0 Å². The summed E-state index contributed by atoms with van der Waals surface area (Å²) < 4.78 is 11.1. The highest BCUT2D eigenvalue weighted by atomic mass is 16.7. The maximum absolute atomic E-state index is 9.16. The van der Waals surface area contributed by atoms with Crippen LogP contribution in [0.3, 0.4) is 0 Å². The Labute approximate surface area is 77.5 Å². The Kier molecular flexibility index (Phi) is 2.55. The average molecular weight is 188 g/mol. The van der Waals surface area contributed by atoms with Gasteiger partial charge in [0.2, 0.25) is 0 Å². The first-order valence-corrected chi connectivity index (χ1v) is 4.83. The molecule has 4 heteroatoms. The van der Waals surface area contributed by atoms with E-state index in [9.17, 15) is 0 Å². The van der Waals surface area contributed by atoms with Gasteiger partial charge in [0.05, 0.1) is 26.4 Å². The van der Waals surface area contributed by atoms with E-state index in [0.29, 0.717) is 13.2 Å². The Morgan fingerprint density at radius 2 is 1.46 bits per heavy atom.